The summed E-state index contributed by atoms with van der Waals surface area (Å²) in [5.41, 5.74) is 3.78. The van der Waals surface area contributed by atoms with Crippen LogP contribution in [0, 0.1) is 6.92 Å². The Morgan fingerprint density at radius 2 is 1.86 bits per heavy atom. The van der Waals surface area contributed by atoms with Crippen LogP contribution < -0.4 is 14.8 Å². The number of rotatable bonds is 7. The van der Waals surface area contributed by atoms with Crippen LogP contribution in [0.3, 0.4) is 0 Å². The molecule has 0 saturated heterocycles. The molecule has 2 aromatic rings. The van der Waals surface area contributed by atoms with E-state index in [1.807, 2.05) is 18.2 Å². The van der Waals surface area contributed by atoms with E-state index >= 15 is 0 Å². The molecule has 1 N–H and O–H groups in total. The zero-order valence-corrected chi connectivity index (χ0v) is 13.0. The van der Waals surface area contributed by atoms with Gasteiger partial charge in [-0.1, -0.05) is 29.8 Å². The molecule has 2 aromatic carbocycles. The van der Waals surface area contributed by atoms with Crippen molar-refractivity contribution >= 4 is 0 Å². The molecule has 0 saturated carbocycles. The molecule has 0 bridgehead atoms. The van der Waals surface area contributed by atoms with E-state index in [1.165, 1.54) is 11.1 Å². The highest BCUT2D eigenvalue weighted by atomic mass is 16.5. The van der Waals surface area contributed by atoms with Crippen LogP contribution in [0.15, 0.2) is 42.5 Å². The third kappa shape index (κ3) is 4.50. The molecule has 0 aliphatic carbocycles. The highest BCUT2D eigenvalue weighted by molar-refractivity contribution is 5.40. The van der Waals surface area contributed by atoms with Gasteiger partial charge in [-0.25, -0.2) is 0 Å². The fourth-order valence-electron chi connectivity index (χ4n) is 2.34. The number of nitrogens with one attached hydrogen (secondary N) is 1. The Morgan fingerprint density at radius 1 is 1.00 bits per heavy atom. The van der Waals surface area contributed by atoms with Gasteiger partial charge in [-0.15, -0.1) is 0 Å². The molecule has 0 unspecified atom stereocenters. The molecule has 0 heterocycles. The molecule has 0 fully saturated rings. The third-order valence-corrected chi connectivity index (χ3v) is 3.48. The lowest BCUT2D eigenvalue weighted by atomic mass is 10.1. The van der Waals surface area contributed by atoms with E-state index in [0.717, 1.165) is 36.6 Å². The second-order valence-electron chi connectivity index (χ2n) is 5.09. The molecule has 3 heteroatoms. The minimum atomic E-state index is 0.770. The molecule has 0 spiro atoms. The van der Waals surface area contributed by atoms with Crippen molar-refractivity contribution < 1.29 is 9.47 Å². The summed E-state index contributed by atoms with van der Waals surface area (Å²) in [7, 11) is 3.37. The monoisotopic (exact) mass is 285 g/mol. The first-order chi connectivity index (χ1) is 10.2. The summed E-state index contributed by atoms with van der Waals surface area (Å²) in [5.74, 6) is 1.74. The standard InChI is InChI=1S/C18H23NO2/c1-14-5-4-6-15(11-14)9-10-19-13-16-12-17(20-2)7-8-18(16)21-3/h4-8,11-12,19H,9-10,13H2,1-3H3. The van der Waals surface area contributed by atoms with Gasteiger partial charge in [-0.05, 0) is 43.7 Å². The van der Waals surface area contributed by atoms with Crippen LogP contribution in [0.2, 0.25) is 0 Å². The lowest BCUT2D eigenvalue weighted by molar-refractivity contribution is 0.397. The third-order valence-electron chi connectivity index (χ3n) is 3.48. The van der Waals surface area contributed by atoms with Gasteiger partial charge in [0.05, 0.1) is 14.2 Å². The van der Waals surface area contributed by atoms with Gasteiger partial charge in [0.1, 0.15) is 11.5 Å². The van der Waals surface area contributed by atoms with Gasteiger partial charge >= 0.3 is 0 Å². The maximum atomic E-state index is 5.38. The molecular weight excluding hydrogens is 262 g/mol. The van der Waals surface area contributed by atoms with Crippen LogP contribution in [-0.2, 0) is 13.0 Å². The van der Waals surface area contributed by atoms with E-state index in [9.17, 15) is 0 Å². The minimum absolute atomic E-state index is 0.770. The predicted molar refractivity (Wildman–Crippen MR) is 86.1 cm³/mol. The Kier molecular flexibility index (Phi) is 5.64. The minimum Gasteiger partial charge on any atom is -0.497 e. The van der Waals surface area contributed by atoms with Gasteiger partial charge in [0.25, 0.3) is 0 Å². The zero-order valence-electron chi connectivity index (χ0n) is 13.0. The summed E-state index contributed by atoms with van der Waals surface area (Å²) in [6.07, 6.45) is 1.02. The van der Waals surface area contributed by atoms with E-state index in [-0.39, 0.29) is 0 Å². The molecule has 21 heavy (non-hydrogen) atoms. The van der Waals surface area contributed by atoms with Gasteiger partial charge in [-0.2, -0.15) is 0 Å². The first-order valence-corrected chi connectivity index (χ1v) is 7.20. The molecule has 2 rings (SSSR count). The Labute approximate surface area is 126 Å². The molecule has 3 nitrogen and oxygen atoms in total. The van der Waals surface area contributed by atoms with Crippen molar-refractivity contribution in [3.63, 3.8) is 0 Å². The number of hydrogen-bond donors (Lipinski definition) is 1. The van der Waals surface area contributed by atoms with Crippen molar-refractivity contribution in [3.8, 4) is 11.5 Å². The van der Waals surface area contributed by atoms with Crippen molar-refractivity contribution in [3.05, 3.63) is 59.2 Å². The topological polar surface area (TPSA) is 30.5 Å². The van der Waals surface area contributed by atoms with Crippen molar-refractivity contribution in [2.24, 2.45) is 0 Å². The van der Waals surface area contributed by atoms with Crippen molar-refractivity contribution in [1.82, 2.24) is 5.32 Å². The Hall–Kier alpha value is -2.00. The molecule has 0 radical (unpaired) electrons. The summed E-state index contributed by atoms with van der Waals surface area (Å²) in [4.78, 5) is 0. The van der Waals surface area contributed by atoms with E-state index in [2.05, 4.69) is 36.5 Å². The van der Waals surface area contributed by atoms with Gasteiger partial charge in [0.15, 0.2) is 0 Å². The molecule has 0 atom stereocenters. The summed E-state index contributed by atoms with van der Waals surface area (Å²) in [6, 6.07) is 14.5. The number of methoxy groups -OCH3 is 2. The average molecular weight is 285 g/mol. The van der Waals surface area contributed by atoms with E-state index < -0.39 is 0 Å². The van der Waals surface area contributed by atoms with Crippen molar-refractivity contribution in [2.75, 3.05) is 20.8 Å². The van der Waals surface area contributed by atoms with Gasteiger partial charge < -0.3 is 14.8 Å². The largest absolute Gasteiger partial charge is 0.497 e. The average Bonchev–Trinajstić information content (AvgIpc) is 2.51. The fourth-order valence-corrected chi connectivity index (χ4v) is 2.34. The normalized spacial score (nSPS) is 10.4. The fraction of sp³-hybridized carbons (Fsp3) is 0.333. The Bertz CT molecular complexity index is 581. The second-order valence-corrected chi connectivity index (χ2v) is 5.09. The van der Waals surface area contributed by atoms with E-state index in [0.29, 0.717) is 0 Å². The predicted octanol–water partition coefficient (Wildman–Crippen LogP) is 3.34. The quantitative estimate of drug-likeness (QED) is 0.791. The summed E-state index contributed by atoms with van der Waals surface area (Å²) < 4.78 is 10.6. The van der Waals surface area contributed by atoms with Gasteiger partial charge in [0, 0.05) is 12.1 Å². The summed E-state index contributed by atoms with van der Waals surface area (Å²) in [6.45, 7) is 3.83. The first-order valence-electron chi connectivity index (χ1n) is 7.20. The Morgan fingerprint density at radius 3 is 2.57 bits per heavy atom. The van der Waals surface area contributed by atoms with Crippen molar-refractivity contribution in [2.45, 2.75) is 19.9 Å². The molecule has 0 aromatic heterocycles. The highest BCUT2D eigenvalue weighted by Crippen LogP contribution is 2.23. The molecule has 0 aliphatic rings. The van der Waals surface area contributed by atoms with Crippen LogP contribution >= 0.6 is 0 Å². The maximum Gasteiger partial charge on any atom is 0.123 e. The lowest BCUT2D eigenvalue weighted by Gasteiger charge is -2.11. The lowest BCUT2D eigenvalue weighted by Crippen LogP contribution is -2.17. The van der Waals surface area contributed by atoms with Gasteiger partial charge in [-0.3, -0.25) is 0 Å². The molecule has 0 aliphatic heterocycles. The van der Waals surface area contributed by atoms with Crippen LogP contribution in [0.5, 0.6) is 11.5 Å². The Balaban J connectivity index is 1.88. The molecule has 0 amide bonds. The van der Waals surface area contributed by atoms with Gasteiger partial charge in [0.2, 0.25) is 0 Å². The first kappa shape index (κ1) is 15.4. The smallest absolute Gasteiger partial charge is 0.123 e. The number of aryl methyl sites for hydroxylation is 1. The summed E-state index contributed by atoms with van der Waals surface area (Å²) >= 11 is 0. The zero-order chi connectivity index (χ0) is 15.1. The SMILES string of the molecule is COc1ccc(OC)c(CNCCc2cccc(C)c2)c1. The van der Waals surface area contributed by atoms with E-state index in [4.69, 9.17) is 9.47 Å². The number of hydrogen-bond acceptors (Lipinski definition) is 3. The number of benzene rings is 2. The van der Waals surface area contributed by atoms with Crippen LogP contribution in [0.4, 0.5) is 0 Å². The van der Waals surface area contributed by atoms with Crippen LogP contribution in [-0.4, -0.2) is 20.8 Å². The second kappa shape index (κ2) is 7.70. The molecular formula is C18H23NO2. The molecule has 112 valence electrons. The highest BCUT2D eigenvalue weighted by Gasteiger charge is 2.04. The van der Waals surface area contributed by atoms with Crippen LogP contribution in [0.1, 0.15) is 16.7 Å². The number of ether oxygens (including phenoxy) is 2. The van der Waals surface area contributed by atoms with E-state index in [1.54, 1.807) is 14.2 Å². The van der Waals surface area contributed by atoms with Crippen molar-refractivity contribution in [1.29, 1.82) is 0 Å². The summed E-state index contributed by atoms with van der Waals surface area (Å²) in [5, 5.41) is 3.46. The maximum absolute atomic E-state index is 5.38. The van der Waals surface area contributed by atoms with Crippen LogP contribution in [0.25, 0.3) is 0 Å².